The van der Waals surface area contributed by atoms with Gasteiger partial charge in [0.2, 0.25) is 0 Å². The Hall–Kier alpha value is -4.61. The Kier molecular flexibility index (Phi) is 18.6. The lowest BCUT2D eigenvalue weighted by atomic mass is 9.82. The van der Waals surface area contributed by atoms with E-state index in [0.717, 1.165) is 11.1 Å². The number of amides is 2. The number of alkyl carbamates (subject to hydrolysis) is 1. The molecule has 12 heteroatoms. The molecule has 0 heterocycles. The summed E-state index contributed by atoms with van der Waals surface area (Å²) in [7, 11) is 2.85. The zero-order valence-electron chi connectivity index (χ0n) is 31.2. The second kappa shape index (κ2) is 22.3. The molecule has 2 rings (SSSR count). The summed E-state index contributed by atoms with van der Waals surface area (Å²) in [5, 5.41) is 2.55. The second-order valence-corrected chi connectivity index (χ2v) is 13.9. The summed E-state index contributed by atoms with van der Waals surface area (Å²) in [5.74, 6) is -2.94. The minimum atomic E-state index is -0.899. The molecule has 3 atom stereocenters. The number of unbranched alkanes of at least 4 members (excludes halogenated alkanes) is 1. The molecule has 0 aliphatic rings. The molecule has 2 amide bonds. The smallest absolute Gasteiger partial charge is 0.409 e. The van der Waals surface area contributed by atoms with E-state index in [2.05, 4.69) is 5.32 Å². The number of ether oxygens (including phenoxy) is 5. The molecule has 2 aromatic carbocycles. The van der Waals surface area contributed by atoms with Crippen molar-refractivity contribution < 1.29 is 47.7 Å². The Morgan fingerprint density at radius 1 is 0.725 bits per heavy atom. The van der Waals surface area contributed by atoms with Crippen molar-refractivity contribution >= 4 is 30.1 Å². The molecule has 0 aliphatic heterocycles. The van der Waals surface area contributed by atoms with Crippen LogP contribution in [0.2, 0.25) is 0 Å². The van der Waals surface area contributed by atoms with Crippen molar-refractivity contribution in [2.24, 2.45) is 17.8 Å². The summed E-state index contributed by atoms with van der Waals surface area (Å²) in [5.41, 5.74) is 0.909. The van der Waals surface area contributed by atoms with Crippen molar-refractivity contribution in [2.45, 2.75) is 98.0 Å². The fourth-order valence-electron chi connectivity index (χ4n) is 5.29. The van der Waals surface area contributed by atoms with Gasteiger partial charge in [0.15, 0.2) is 0 Å². The first-order valence-corrected chi connectivity index (χ1v) is 17.6. The Balaban J connectivity index is 1.87. The first kappa shape index (κ1) is 42.6. The van der Waals surface area contributed by atoms with Crippen molar-refractivity contribution in [1.29, 1.82) is 0 Å². The number of nitrogens with zero attached hydrogens (tertiary/aromatic N) is 1. The van der Waals surface area contributed by atoms with Gasteiger partial charge in [-0.25, -0.2) is 14.4 Å². The zero-order chi connectivity index (χ0) is 37.8. The Morgan fingerprint density at radius 3 is 1.86 bits per heavy atom. The maximum atomic E-state index is 13.4. The van der Waals surface area contributed by atoms with E-state index >= 15 is 0 Å². The van der Waals surface area contributed by atoms with Gasteiger partial charge in [0.25, 0.3) is 0 Å². The van der Waals surface area contributed by atoms with Gasteiger partial charge in [-0.3, -0.25) is 9.59 Å². The summed E-state index contributed by atoms with van der Waals surface area (Å²) in [6.45, 7) is 9.83. The molecule has 0 saturated carbocycles. The zero-order valence-corrected chi connectivity index (χ0v) is 31.2. The van der Waals surface area contributed by atoms with E-state index in [1.807, 2.05) is 74.5 Å². The molecule has 0 bridgehead atoms. The number of hydrogen-bond acceptors (Lipinski definition) is 10. The first-order chi connectivity index (χ1) is 24.2. The minimum Gasteiger partial charge on any atom is -0.467 e. The quantitative estimate of drug-likeness (QED) is 0.0880. The largest absolute Gasteiger partial charge is 0.467 e. The molecule has 0 aromatic heterocycles. The van der Waals surface area contributed by atoms with Crippen molar-refractivity contribution in [2.75, 3.05) is 27.3 Å². The third-order valence-corrected chi connectivity index (χ3v) is 7.87. The fourth-order valence-corrected chi connectivity index (χ4v) is 5.29. The molecule has 0 radical (unpaired) electrons. The second-order valence-electron chi connectivity index (χ2n) is 13.9. The minimum absolute atomic E-state index is 0.0371. The number of hydrogen-bond donors (Lipinski definition) is 1. The molecule has 0 fully saturated rings. The van der Waals surface area contributed by atoms with Gasteiger partial charge in [0.1, 0.15) is 24.9 Å². The predicted octanol–water partition coefficient (Wildman–Crippen LogP) is 6.84. The highest BCUT2D eigenvalue weighted by molar-refractivity contribution is 5.82. The van der Waals surface area contributed by atoms with Gasteiger partial charge < -0.3 is 33.9 Å². The highest BCUT2D eigenvalue weighted by atomic mass is 16.6. The van der Waals surface area contributed by atoms with Crippen LogP contribution in [0.15, 0.2) is 60.7 Å². The van der Waals surface area contributed by atoms with Gasteiger partial charge in [-0.2, -0.15) is 0 Å². The number of methoxy groups -OCH3 is 1. The molecule has 0 aliphatic carbocycles. The van der Waals surface area contributed by atoms with Crippen LogP contribution < -0.4 is 5.32 Å². The number of carbonyl (C=O) groups excluding carboxylic acids is 5. The highest BCUT2D eigenvalue weighted by Crippen LogP contribution is 2.29. The summed E-state index contributed by atoms with van der Waals surface area (Å²) in [6, 6.07) is 17.6. The Morgan fingerprint density at radius 2 is 1.31 bits per heavy atom. The standard InChI is InChI=1S/C39H56N2O10/c1-28(2)25-32(34(42)49-26-29-17-10-8-11-18-29)31(35(43)51-39(3,4)5)21-16-24-48-38(46)41(6)23-15-14-22-33(36(44)47-7)40-37(45)50-27-30-19-12-9-13-20-30/h8-13,17-20,28,31-33H,14-16,21-27H2,1-7H3,(H,40,45)/t31-,32+,33-/m0/s1. The van der Waals surface area contributed by atoms with Crippen LogP contribution in [0.1, 0.15) is 84.3 Å². The lowest BCUT2D eigenvalue weighted by molar-refractivity contribution is -0.169. The number of esters is 3. The van der Waals surface area contributed by atoms with E-state index in [-0.39, 0.29) is 38.6 Å². The van der Waals surface area contributed by atoms with Crippen LogP contribution in [0.25, 0.3) is 0 Å². The van der Waals surface area contributed by atoms with E-state index in [0.29, 0.717) is 32.2 Å². The molecular formula is C39H56N2O10. The Labute approximate surface area is 302 Å². The van der Waals surface area contributed by atoms with Crippen molar-refractivity contribution in [3.63, 3.8) is 0 Å². The van der Waals surface area contributed by atoms with Gasteiger partial charge in [-0.15, -0.1) is 0 Å². The average molecular weight is 713 g/mol. The van der Waals surface area contributed by atoms with Crippen LogP contribution in [0.5, 0.6) is 0 Å². The molecular weight excluding hydrogens is 656 g/mol. The monoisotopic (exact) mass is 712 g/mol. The Bertz CT molecular complexity index is 1360. The number of nitrogens with one attached hydrogen (secondary N) is 1. The van der Waals surface area contributed by atoms with E-state index in [1.54, 1.807) is 27.8 Å². The summed E-state index contributed by atoms with van der Waals surface area (Å²) in [6.07, 6.45) is 1.07. The lowest BCUT2D eigenvalue weighted by Crippen LogP contribution is -2.41. The molecule has 0 saturated heterocycles. The fraction of sp³-hybridized carbons (Fsp3) is 0.564. The number of benzene rings is 2. The first-order valence-electron chi connectivity index (χ1n) is 17.6. The van der Waals surface area contributed by atoms with Gasteiger partial charge in [-0.05, 0) is 76.3 Å². The van der Waals surface area contributed by atoms with Gasteiger partial charge >= 0.3 is 30.1 Å². The van der Waals surface area contributed by atoms with Crippen LogP contribution in [0, 0.1) is 17.8 Å². The van der Waals surface area contributed by atoms with Gasteiger partial charge in [0, 0.05) is 13.6 Å². The third-order valence-electron chi connectivity index (χ3n) is 7.87. The maximum absolute atomic E-state index is 13.4. The molecule has 1 N–H and O–H groups in total. The van der Waals surface area contributed by atoms with Crippen LogP contribution in [0.4, 0.5) is 9.59 Å². The van der Waals surface area contributed by atoms with Crippen LogP contribution >= 0.6 is 0 Å². The number of rotatable bonds is 20. The molecule has 0 spiro atoms. The summed E-state index contributed by atoms with van der Waals surface area (Å²) in [4.78, 5) is 65.5. The van der Waals surface area contributed by atoms with Crippen LogP contribution in [-0.2, 0) is 51.3 Å². The van der Waals surface area contributed by atoms with Gasteiger partial charge in [0.05, 0.1) is 25.6 Å². The highest BCUT2D eigenvalue weighted by Gasteiger charge is 2.38. The third kappa shape index (κ3) is 17.2. The molecule has 2 aromatic rings. The molecule has 0 unspecified atom stereocenters. The topological polar surface area (TPSA) is 147 Å². The predicted molar refractivity (Wildman–Crippen MR) is 191 cm³/mol. The average Bonchev–Trinajstić information content (AvgIpc) is 3.09. The van der Waals surface area contributed by atoms with Crippen LogP contribution in [0.3, 0.4) is 0 Å². The molecule has 282 valence electrons. The SMILES string of the molecule is COC(=O)[C@H](CCCCN(C)C(=O)OCCC[C@H](C(=O)OC(C)(C)C)[C@@H](CC(C)C)C(=O)OCc1ccccc1)NC(=O)OCc1ccccc1. The maximum Gasteiger partial charge on any atom is 0.409 e. The number of carbonyl (C=O) groups is 5. The molecule has 12 nitrogen and oxygen atoms in total. The normalized spacial score (nSPS) is 12.9. The van der Waals surface area contributed by atoms with Crippen molar-refractivity contribution in [3.8, 4) is 0 Å². The van der Waals surface area contributed by atoms with E-state index in [4.69, 9.17) is 23.7 Å². The van der Waals surface area contributed by atoms with E-state index < -0.39 is 53.6 Å². The summed E-state index contributed by atoms with van der Waals surface area (Å²) < 4.78 is 26.9. The molecule has 51 heavy (non-hydrogen) atoms. The van der Waals surface area contributed by atoms with E-state index in [9.17, 15) is 24.0 Å². The van der Waals surface area contributed by atoms with E-state index in [1.165, 1.54) is 12.0 Å². The lowest BCUT2D eigenvalue weighted by Gasteiger charge is -2.29. The van der Waals surface area contributed by atoms with Gasteiger partial charge in [-0.1, -0.05) is 74.5 Å². The van der Waals surface area contributed by atoms with Crippen molar-refractivity contribution in [3.05, 3.63) is 71.8 Å². The summed E-state index contributed by atoms with van der Waals surface area (Å²) >= 11 is 0. The van der Waals surface area contributed by atoms with Crippen LogP contribution in [-0.4, -0.2) is 73.9 Å². The van der Waals surface area contributed by atoms with Crippen molar-refractivity contribution in [1.82, 2.24) is 10.2 Å².